The zero-order valence-electron chi connectivity index (χ0n) is 14.8. The summed E-state index contributed by atoms with van der Waals surface area (Å²) in [6.45, 7) is 6.54. The molecule has 0 radical (unpaired) electrons. The maximum absolute atomic E-state index is 12.6. The van der Waals surface area contributed by atoms with Crippen LogP contribution < -0.4 is 0 Å². The van der Waals surface area contributed by atoms with Crippen molar-refractivity contribution in [3.05, 3.63) is 0 Å². The van der Waals surface area contributed by atoms with E-state index in [9.17, 15) is 14.7 Å². The van der Waals surface area contributed by atoms with Crippen LogP contribution in [-0.2, 0) is 9.59 Å². The molecule has 0 unspecified atom stereocenters. The highest BCUT2D eigenvalue weighted by Crippen LogP contribution is 2.72. The van der Waals surface area contributed by atoms with E-state index in [1.165, 1.54) is 0 Å². The SMILES string of the molecule is C[C@]12CC[C@@H]3[C@@](CC[C@@H]4[C@@]3(C)CCC[C@@]4(C)C(=O)O)(CC1=O)C2. The van der Waals surface area contributed by atoms with Gasteiger partial charge in [0, 0.05) is 11.8 Å². The molecular weight excluding hydrogens is 288 g/mol. The number of carbonyl (C=O) groups excluding carboxylic acids is 1. The molecular formula is C20H30O3. The molecule has 0 aromatic carbocycles. The molecule has 0 aromatic rings. The first-order chi connectivity index (χ1) is 10.7. The average Bonchev–Trinajstić information content (AvgIpc) is 2.63. The molecule has 0 amide bonds. The molecule has 3 heteroatoms. The van der Waals surface area contributed by atoms with Gasteiger partial charge in [0.1, 0.15) is 5.78 Å². The Bertz CT molecular complexity index is 583. The molecule has 6 atom stereocenters. The lowest BCUT2D eigenvalue weighted by Crippen LogP contribution is -2.58. The van der Waals surface area contributed by atoms with Gasteiger partial charge in [0.15, 0.2) is 0 Å². The first-order valence-electron chi connectivity index (χ1n) is 9.43. The summed E-state index contributed by atoms with van der Waals surface area (Å²) in [4.78, 5) is 24.7. The predicted molar refractivity (Wildman–Crippen MR) is 87.9 cm³/mol. The van der Waals surface area contributed by atoms with Gasteiger partial charge in [-0.3, -0.25) is 9.59 Å². The van der Waals surface area contributed by atoms with Crippen LogP contribution in [0.2, 0.25) is 0 Å². The van der Waals surface area contributed by atoms with E-state index in [1.54, 1.807) is 0 Å². The molecule has 4 fully saturated rings. The smallest absolute Gasteiger partial charge is 0.309 e. The number of rotatable bonds is 1. The number of fused-ring (bicyclic) bond motifs is 3. The van der Waals surface area contributed by atoms with E-state index in [0.29, 0.717) is 11.7 Å². The van der Waals surface area contributed by atoms with Crippen molar-refractivity contribution in [2.24, 2.45) is 33.5 Å². The molecule has 2 bridgehead atoms. The fraction of sp³-hybridized carbons (Fsp3) is 0.900. The minimum absolute atomic E-state index is 0.0789. The lowest BCUT2D eigenvalue weighted by atomic mass is 9.40. The van der Waals surface area contributed by atoms with E-state index >= 15 is 0 Å². The van der Waals surface area contributed by atoms with Crippen molar-refractivity contribution in [1.82, 2.24) is 0 Å². The molecule has 0 heterocycles. The Morgan fingerprint density at radius 1 is 1.04 bits per heavy atom. The highest BCUT2D eigenvalue weighted by molar-refractivity contribution is 5.88. The van der Waals surface area contributed by atoms with Crippen molar-refractivity contribution in [1.29, 1.82) is 0 Å². The van der Waals surface area contributed by atoms with Crippen molar-refractivity contribution in [2.75, 3.05) is 0 Å². The van der Waals surface area contributed by atoms with Crippen LogP contribution in [0.1, 0.15) is 78.6 Å². The molecule has 1 N–H and O–H groups in total. The van der Waals surface area contributed by atoms with Crippen LogP contribution in [0.25, 0.3) is 0 Å². The van der Waals surface area contributed by atoms with Crippen molar-refractivity contribution in [2.45, 2.75) is 78.6 Å². The van der Waals surface area contributed by atoms with Crippen LogP contribution in [0.15, 0.2) is 0 Å². The third-order valence-corrected chi connectivity index (χ3v) is 8.84. The molecule has 4 aliphatic rings. The minimum Gasteiger partial charge on any atom is -0.481 e. The topological polar surface area (TPSA) is 54.4 Å². The van der Waals surface area contributed by atoms with Gasteiger partial charge in [0.05, 0.1) is 5.41 Å². The van der Waals surface area contributed by atoms with Crippen molar-refractivity contribution in [3.8, 4) is 0 Å². The summed E-state index contributed by atoms with van der Waals surface area (Å²) >= 11 is 0. The Hall–Kier alpha value is -0.860. The molecule has 4 aliphatic carbocycles. The van der Waals surface area contributed by atoms with Gasteiger partial charge < -0.3 is 5.11 Å². The molecule has 0 saturated heterocycles. The molecule has 3 nitrogen and oxygen atoms in total. The summed E-state index contributed by atoms with van der Waals surface area (Å²) in [6, 6.07) is 0. The second kappa shape index (κ2) is 4.40. The maximum Gasteiger partial charge on any atom is 0.309 e. The molecule has 0 aromatic heterocycles. The number of carbonyl (C=O) groups is 2. The number of Topliss-reactive ketones (excluding diaryl/α,β-unsaturated/α-hetero) is 1. The lowest BCUT2D eigenvalue weighted by Gasteiger charge is -2.63. The predicted octanol–water partition coefficient (Wildman–Crippen LogP) is 4.44. The second-order valence-corrected chi connectivity index (χ2v) is 9.96. The highest BCUT2D eigenvalue weighted by atomic mass is 16.4. The van der Waals surface area contributed by atoms with Crippen LogP contribution in [0, 0.1) is 33.5 Å². The quantitative estimate of drug-likeness (QED) is 0.777. The number of aliphatic carboxylic acids is 1. The molecule has 1 spiro atoms. The van der Waals surface area contributed by atoms with Crippen molar-refractivity contribution in [3.63, 3.8) is 0 Å². The van der Waals surface area contributed by atoms with E-state index in [0.717, 1.165) is 57.8 Å². The van der Waals surface area contributed by atoms with E-state index in [2.05, 4.69) is 13.8 Å². The first-order valence-corrected chi connectivity index (χ1v) is 9.43. The molecule has 4 rings (SSSR count). The largest absolute Gasteiger partial charge is 0.481 e. The number of carboxylic acid groups (broad SMARTS) is 1. The number of carboxylic acids is 1. The van der Waals surface area contributed by atoms with Gasteiger partial charge in [-0.05, 0) is 74.5 Å². The third kappa shape index (κ3) is 1.77. The number of hydrogen-bond donors (Lipinski definition) is 1. The zero-order chi connectivity index (χ0) is 16.7. The standard InChI is InChI=1S/C20H30O3/c1-17-9-5-14-18(2)7-4-8-19(3,16(22)23)13(18)6-10-20(14,12-17)11-15(17)21/h13-14H,4-12H2,1-3H3,(H,22,23)/t13-,14+,17-,18-,19-,20+/m1/s1. The van der Waals surface area contributed by atoms with E-state index in [4.69, 9.17) is 0 Å². The summed E-state index contributed by atoms with van der Waals surface area (Å²) in [5.41, 5.74) is -0.357. The zero-order valence-corrected chi connectivity index (χ0v) is 14.8. The van der Waals surface area contributed by atoms with Crippen LogP contribution in [0.4, 0.5) is 0 Å². The highest BCUT2D eigenvalue weighted by Gasteiger charge is 2.68. The molecule has 0 aliphatic heterocycles. The van der Waals surface area contributed by atoms with Gasteiger partial charge in [-0.15, -0.1) is 0 Å². The molecule has 128 valence electrons. The summed E-state index contributed by atoms with van der Waals surface area (Å²) in [6.07, 6.45) is 9.04. The van der Waals surface area contributed by atoms with Crippen molar-refractivity contribution >= 4 is 11.8 Å². The third-order valence-electron chi connectivity index (χ3n) is 8.84. The summed E-state index contributed by atoms with van der Waals surface area (Å²) in [5.74, 6) is 0.704. The van der Waals surface area contributed by atoms with E-state index in [-0.39, 0.29) is 22.2 Å². The van der Waals surface area contributed by atoms with Crippen molar-refractivity contribution < 1.29 is 14.7 Å². The monoisotopic (exact) mass is 318 g/mol. The number of ketones is 1. The Morgan fingerprint density at radius 2 is 1.74 bits per heavy atom. The van der Waals surface area contributed by atoms with Gasteiger partial charge in [-0.1, -0.05) is 20.3 Å². The van der Waals surface area contributed by atoms with Gasteiger partial charge in [0.25, 0.3) is 0 Å². The van der Waals surface area contributed by atoms with Gasteiger partial charge in [0.2, 0.25) is 0 Å². The second-order valence-electron chi connectivity index (χ2n) is 9.96. The van der Waals surface area contributed by atoms with Gasteiger partial charge >= 0.3 is 5.97 Å². The van der Waals surface area contributed by atoms with E-state index < -0.39 is 11.4 Å². The summed E-state index contributed by atoms with van der Waals surface area (Å²) in [7, 11) is 0. The van der Waals surface area contributed by atoms with Crippen LogP contribution in [0.5, 0.6) is 0 Å². The van der Waals surface area contributed by atoms with Crippen LogP contribution in [0.3, 0.4) is 0 Å². The van der Waals surface area contributed by atoms with Crippen LogP contribution in [-0.4, -0.2) is 16.9 Å². The fourth-order valence-corrected chi connectivity index (χ4v) is 7.76. The normalized spacial score (nSPS) is 55.2. The summed E-state index contributed by atoms with van der Waals surface area (Å²) < 4.78 is 0. The Labute approximate surface area is 139 Å². The van der Waals surface area contributed by atoms with Gasteiger partial charge in [-0.2, -0.15) is 0 Å². The van der Waals surface area contributed by atoms with Crippen LogP contribution >= 0.6 is 0 Å². The lowest BCUT2D eigenvalue weighted by molar-refractivity contribution is -0.182. The van der Waals surface area contributed by atoms with Gasteiger partial charge in [-0.25, -0.2) is 0 Å². The summed E-state index contributed by atoms with van der Waals surface area (Å²) in [5, 5.41) is 9.91. The minimum atomic E-state index is -0.604. The Kier molecular flexibility index (Phi) is 3.00. The Balaban J connectivity index is 1.76. The fourth-order valence-electron chi connectivity index (χ4n) is 7.76. The molecule has 23 heavy (non-hydrogen) atoms. The maximum atomic E-state index is 12.6. The van der Waals surface area contributed by atoms with E-state index in [1.807, 2.05) is 6.92 Å². The Morgan fingerprint density at radius 3 is 2.43 bits per heavy atom. The molecule has 4 saturated carbocycles. The number of hydrogen-bond acceptors (Lipinski definition) is 2. The first kappa shape index (κ1) is 15.7. The average molecular weight is 318 g/mol.